The van der Waals surface area contributed by atoms with Gasteiger partial charge in [-0.25, -0.2) is 9.67 Å². The molecular formula is C9H16N4OS. The second-order valence-electron chi connectivity index (χ2n) is 4.12. The molecule has 1 fully saturated rings. The first-order valence-electron chi connectivity index (χ1n) is 5.02. The van der Waals surface area contributed by atoms with Gasteiger partial charge in [-0.3, -0.25) is 0 Å². The molecule has 0 radical (unpaired) electrons. The van der Waals surface area contributed by atoms with Gasteiger partial charge in [-0.1, -0.05) is 11.8 Å². The summed E-state index contributed by atoms with van der Waals surface area (Å²) < 4.78 is 1.72. The van der Waals surface area contributed by atoms with Gasteiger partial charge in [0.15, 0.2) is 5.16 Å². The molecule has 0 aliphatic heterocycles. The zero-order chi connectivity index (χ0) is 10.9. The highest BCUT2D eigenvalue weighted by atomic mass is 32.2. The average molecular weight is 228 g/mol. The van der Waals surface area contributed by atoms with Crippen molar-refractivity contribution in [1.29, 1.82) is 0 Å². The number of aliphatic hydroxyl groups excluding tert-OH is 1. The van der Waals surface area contributed by atoms with Gasteiger partial charge >= 0.3 is 0 Å². The van der Waals surface area contributed by atoms with Crippen LogP contribution in [0.25, 0.3) is 0 Å². The summed E-state index contributed by atoms with van der Waals surface area (Å²) in [6.45, 7) is 0.0442. The van der Waals surface area contributed by atoms with Crippen molar-refractivity contribution in [2.24, 2.45) is 18.7 Å². The summed E-state index contributed by atoms with van der Waals surface area (Å²) in [6.07, 6.45) is 3.80. The Balaban J connectivity index is 1.94. The van der Waals surface area contributed by atoms with Crippen molar-refractivity contribution in [2.75, 3.05) is 12.4 Å². The summed E-state index contributed by atoms with van der Waals surface area (Å²) in [4.78, 5) is 4.11. The highest BCUT2D eigenvalue weighted by Crippen LogP contribution is 2.40. The minimum atomic E-state index is -0.448. The Labute approximate surface area is 93.1 Å². The molecule has 2 rings (SSSR count). The van der Waals surface area contributed by atoms with E-state index in [2.05, 4.69) is 10.1 Å². The first-order valence-corrected chi connectivity index (χ1v) is 6.01. The van der Waals surface area contributed by atoms with Gasteiger partial charge in [0.05, 0.1) is 12.1 Å². The lowest BCUT2D eigenvalue weighted by Gasteiger charge is -2.26. The van der Waals surface area contributed by atoms with Crippen LogP contribution in [0, 0.1) is 5.92 Å². The second-order valence-corrected chi connectivity index (χ2v) is 5.06. The molecule has 0 saturated heterocycles. The van der Waals surface area contributed by atoms with Crippen molar-refractivity contribution in [3.8, 4) is 0 Å². The number of thioether (sulfide) groups is 1. The summed E-state index contributed by atoms with van der Waals surface area (Å²) in [5, 5.41) is 14.1. The van der Waals surface area contributed by atoms with E-state index in [0.717, 1.165) is 18.0 Å². The number of nitrogens with zero attached hydrogens (tertiary/aromatic N) is 3. The largest absolute Gasteiger partial charge is 0.394 e. The van der Waals surface area contributed by atoms with Gasteiger partial charge in [-0.2, -0.15) is 5.10 Å². The standard InChI is InChI=1S/C9H16N4OS/c1-13-8(11-6-12-13)15-5-9(10,4-14)7-2-3-7/h6-7,14H,2-5,10H2,1H3. The van der Waals surface area contributed by atoms with Crippen LogP contribution in [-0.2, 0) is 7.05 Å². The Morgan fingerprint density at radius 3 is 2.93 bits per heavy atom. The number of aromatic nitrogens is 3. The fraction of sp³-hybridized carbons (Fsp3) is 0.778. The lowest BCUT2D eigenvalue weighted by Crippen LogP contribution is -2.48. The minimum Gasteiger partial charge on any atom is -0.394 e. The van der Waals surface area contributed by atoms with E-state index >= 15 is 0 Å². The summed E-state index contributed by atoms with van der Waals surface area (Å²) in [5.74, 6) is 1.17. The third-order valence-corrected chi connectivity index (χ3v) is 4.13. The smallest absolute Gasteiger partial charge is 0.185 e. The van der Waals surface area contributed by atoms with Crippen molar-refractivity contribution >= 4 is 11.8 Å². The van der Waals surface area contributed by atoms with Crippen LogP contribution in [0.3, 0.4) is 0 Å². The quantitative estimate of drug-likeness (QED) is 0.694. The molecule has 1 aliphatic carbocycles. The van der Waals surface area contributed by atoms with Crippen LogP contribution >= 0.6 is 11.8 Å². The van der Waals surface area contributed by atoms with E-state index in [9.17, 15) is 5.11 Å². The molecule has 1 atom stereocenters. The number of aryl methyl sites for hydroxylation is 1. The van der Waals surface area contributed by atoms with E-state index in [-0.39, 0.29) is 6.61 Å². The van der Waals surface area contributed by atoms with Gasteiger partial charge < -0.3 is 10.8 Å². The molecule has 1 unspecified atom stereocenters. The fourth-order valence-electron chi connectivity index (χ4n) is 1.57. The SMILES string of the molecule is Cn1ncnc1SCC(N)(CO)C1CC1. The maximum absolute atomic E-state index is 9.31. The zero-order valence-corrected chi connectivity index (χ0v) is 9.57. The number of hydrogen-bond acceptors (Lipinski definition) is 5. The van der Waals surface area contributed by atoms with Gasteiger partial charge in [-0.15, -0.1) is 0 Å². The van der Waals surface area contributed by atoms with Gasteiger partial charge in [0.25, 0.3) is 0 Å². The van der Waals surface area contributed by atoms with E-state index < -0.39 is 5.54 Å². The molecule has 0 bridgehead atoms. The Morgan fingerprint density at radius 2 is 2.47 bits per heavy atom. The molecule has 1 aromatic heterocycles. The van der Waals surface area contributed by atoms with Crippen LogP contribution < -0.4 is 5.73 Å². The van der Waals surface area contributed by atoms with Crippen LogP contribution in [0.1, 0.15) is 12.8 Å². The average Bonchev–Trinajstić information content (AvgIpc) is 3.01. The van der Waals surface area contributed by atoms with E-state index in [4.69, 9.17) is 5.73 Å². The topological polar surface area (TPSA) is 77.0 Å². The Kier molecular flexibility index (Phi) is 2.99. The molecule has 84 valence electrons. The summed E-state index contributed by atoms with van der Waals surface area (Å²) in [6, 6.07) is 0. The molecule has 6 heteroatoms. The number of rotatable bonds is 5. The lowest BCUT2D eigenvalue weighted by atomic mass is 9.99. The highest BCUT2D eigenvalue weighted by molar-refractivity contribution is 7.99. The third-order valence-electron chi connectivity index (χ3n) is 2.82. The molecule has 1 aliphatic rings. The molecule has 0 aromatic carbocycles. The monoisotopic (exact) mass is 228 g/mol. The lowest BCUT2D eigenvalue weighted by molar-refractivity contribution is 0.194. The molecule has 1 saturated carbocycles. The van der Waals surface area contributed by atoms with Crippen molar-refractivity contribution in [3.05, 3.63) is 6.33 Å². The fourth-order valence-corrected chi connectivity index (χ4v) is 2.65. The van der Waals surface area contributed by atoms with Crippen molar-refractivity contribution in [2.45, 2.75) is 23.5 Å². The summed E-state index contributed by atoms with van der Waals surface area (Å²) in [5.41, 5.74) is 5.69. The van der Waals surface area contributed by atoms with E-state index in [1.165, 1.54) is 6.33 Å². The molecular weight excluding hydrogens is 212 g/mol. The number of nitrogens with two attached hydrogens (primary N) is 1. The molecule has 0 spiro atoms. The van der Waals surface area contributed by atoms with Gasteiger partial charge in [0.2, 0.25) is 0 Å². The van der Waals surface area contributed by atoms with E-state index in [0.29, 0.717) is 11.7 Å². The third kappa shape index (κ3) is 2.32. The Bertz CT molecular complexity index is 339. The minimum absolute atomic E-state index is 0.0442. The zero-order valence-electron chi connectivity index (χ0n) is 8.76. The molecule has 0 amide bonds. The maximum atomic E-state index is 9.31. The van der Waals surface area contributed by atoms with Crippen LogP contribution in [-0.4, -0.2) is 37.8 Å². The number of hydrogen-bond donors (Lipinski definition) is 2. The second kappa shape index (κ2) is 4.11. The normalized spacial score (nSPS) is 20.2. The van der Waals surface area contributed by atoms with Crippen molar-refractivity contribution in [3.63, 3.8) is 0 Å². The van der Waals surface area contributed by atoms with Gasteiger partial charge in [-0.05, 0) is 18.8 Å². The van der Waals surface area contributed by atoms with Crippen LogP contribution in [0.4, 0.5) is 0 Å². The number of aliphatic hydroxyl groups is 1. The summed E-state index contributed by atoms with van der Waals surface area (Å²) in [7, 11) is 1.85. The van der Waals surface area contributed by atoms with Crippen LogP contribution in [0.2, 0.25) is 0 Å². The van der Waals surface area contributed by atoms with Gasteiger partial charge in [0, 0.05) is 12.8 Å². The molecule has 5 nitrogen and oxygen atoms in total. The van der Waals surface area contributed by atoms with E-state index in [1.54, 1.807) is 16.4 Å². The molecule has 3 N–H and O–H groups in total. The Hall–Kier alpha value is -0.590. The van der Waals surface area contributed by atoms with Crippen LogP contribution in [0.15, 0.2) is 11.5 Å². The molecule has 1 aromatic rings. The predicted octanol–water partition coefficient (Wildman–Crippen LogP) is 0.00700. The predicted molar refractivity (Wildman–Crippen MR) is 58.5 cm³/mol. The molecule has 15 heavy (non-hydrogen) atoms. The first-order chi connectivity index (χ1) is 7.15. The first kappa shape index (κ1) is 10.9. The molecule has 1 heterocycles. The summed E-state index contributed by atoms with van der Waals surface area (Å²) >= 11 is 1.56. The van der Waals surface area contributed by atoms with Crippen molar-refractivity contribution < 1.29 is 5.11 Å². The van der Waals surface area contributed by atoms with Crippen LogP contribution in [0.5, 0.6) is 0 Å². The van der Waals surface area contributed by atoms with Crippen molar-refractivity contribution in [1.82, 2.24) is 14.8 Å². The Morgan fingerprint density at radius 1 is 1.73 bits per heavy atom. The van der Waals surface area contributed by atoms with Gasteiger partial charge in [0.1, 0.15) is 6.33 Å². The van der Waals surface area contributed by atoms with E-state index in [1.807, 2.05) is 7.05 Å². The maximum Gasteiger partial charge on any atom is 0.185 e. The highest BCUT2D eigenvalue weighted by Gasteiger charge is 2.41.